The number of nitro groups is 1. The maximum absolute atomic E-state index is 11.9. The molecule has 0 bridgehead atoms. The van der Waals surface area contributed by atoms with Crippen molar-refractivity contribution in [2.45, 2.75) is 13.5 Å². The van der Waals surface area contributed by atoms with E-state index in [4.69, 9.17) is 4.74 Å². The number of carbonyl (C=O) groups excluding carboxylic acids is 1. The van der Waals surface area contributed by atoms with Crippen LogP contribution in [-0.2, 0) is 11.3 Å². The molecule has 3 rings (SSSR count). The van der Waals surface area contributed by atoms with Gasteiger partial charge in [0.1, 0.15) is 11.2 Å². The standard InChI is InChI=1S/C18H17N3O4/c1-2-25-18(22)15-10-13-14(19-11-12-6-4-3-5-7-12)8-9-16(21(23)24)17(13)20-15/h3-10,19-20H,2,11H2,1H3. The van der Waals surface area contributed by atoms with E-state index < -0.39 is 10.9 Å². The van der Waals surface area contributed by atoms with Crippen LogP contribution in [0.3, 0.4) is 0 Å². The highest BCUT2D eigenvalue weighted by atomic mass is 16.6. The average Bonchev–Trinajstić information content (AvgIpc) is 3.06. The van der Waals surface area contributed by atoms with Gasteiger partial charge in [-0.25, -0.2) is 4.79 Å². The zero-order chi connectivity index (χ0) is 17.8. The largest absolute Gasteiger partial charge is 0.461 e. The first kappa shape index (κ1) is 16.5. The predicted molar refractivity (Wildman–Crippen MR) is 94.7 cm³/mol. The van der Waals surface area contributed by atoms with Crippen molar-refractivity contribution in [1.29, 1.82) is 0 Å². The van der Waals surface area contributed by atoms with Crippen molar-refractivity contribution in [3.63, 3.8) is 0 Å². The third-order valence-corrected chi connectivity index (χ3v) is 3.79. The maximum Gasteiger partial charge on any atom is 0.354 e. The van der Waals surface area contributed by atoms with Crippen LogP contribution in [0.25, 0.3) is 10.9 Å². The van der Waals surface area contributed by atoms with Crippen LogP contribution in [0, 0.1) is 10.1 Å². The molecular weight excluding hydrogens is 322 g/mol. The number of fused-ring (bicyclic) bond motifs is 1. The highest BCUT2D eigenvalue weighted by Gasteiger charge is 2.20. The van der Waals surface area contributed by atoms with Crippen molar-refractivity contribution < 1.29 is 14.5 Å². The van der Waals surface area contributed by atoms with Crippen LogP contribution < -0.4 is 5.32 Å². The van der Waals surface area contributed by atoms with Crippen molar-refractivity contribution in [3.05, 3.63) is 69.9 Å². The fourth-order valence-corrected chi connectivity index (χ4v) is 2.62. The fourth-order valence-electron chi connectivity index (χ4n) is 2.62. The van der Waals surface area contributed by atoms with Gasteiger partial charge in [0.05, 0.1) is 11.5 Å². The van der Waals surface area contributed by atoms with Gasteiger partial charge in [0.25, 0.3) is 5.69 Å². The molecule has 0 atom stereocenters. The molecule has 0 unspecified atom stereocenters. The number of esters is 1. The number of benzene rings is 2. The highest BCUT2D eigenvalue weighted by molar-refractivity contribution is 6.03. The first-order chi connectivity index (χ1) is 12.1. The molecule has 0 aliphatic heterocycles. The van der Waals surface area contributed by atoms with E-state index in [1.807, 2.05) is 30.3 Å². The molecule has 0 amide bonds. The second-order valence-corrected chi connectivity index (χ2v) is 5.42. The van der Waals surface area contributed by atoms with E-state index in [9.17, 15) is 14.9 Å². The Hall–Kier alpha value is -3.35. The number of nitrogens with one attached hydrogen (secondary N) is 2. The minimum Gasteiger partial charge on any atom is -0.461 e. The quantitative estimate of drug-likeness (QED) is 0.404. The second kappa shape index (κ2) is 7.04. The lowest BCUT2D eigenvalue weighted by molar-refractivity contribution is -0.383. The number of aromatic amines is 1. The molecule has 0 radical (unpaired) electrons. The van der Waals surface area contributed by atoms with Gasteiger partial charge in [-0.15, -0.1) is 0 Å². The molecule has 0 spiro atoms. The number of hydrogen-bond donors (Lipinski definition) is 2. The monoisotopic (exact) mass is 339 g/mol. The van der Waals surface area contributed by atoms with Gasteiger partial charge in [-0.05, 0) is 24.6 Å². The van der Waals surface area contributed by atoms with Gasteiger partial charge >= 0.3 is 5.97 Å². The van der Waals surface area contributed by atoms with Crippen LogP contribution in [0.5, 0.6) is 0 Å². The fraction of sp³-hybridized carbons (Fsp3) is 0.167. The van der Waals surface area contributed by atoms with Gasteiger partial charge in [-0.2, -0.15) is 0 Å². The molecule has 0 saturated heterocycles. The maximum atomic E-state index is 11.9. The summed E-state index contributed by atoms with van der Waals surface area (Å²) in [6.45, 7) is 2.50. The number of ether oxygens (including phenoxy) is 1. The molecule has 0 aliphatic carbocycles. The summed E-state index contributed by atoms with van der Waals surface area (Å²) in [7, 11) is 0. The summed E-state index contributed by atoms with van der Waals surface area (Å²) in [4.78, 5) is 25.5. The van der Waals surface area contributed by atoms with Crippen LogP contribution in [0.1, 0.15) is 23.0 Å². The first-order valence-electron chi connectivity index (χ1n) is 7.85. The molecule has 128 valence electrons. The van der Waals surface area contributed by atoms with Gasteiger partial charge in [0, 0.05) is 23.7 Å². The van der Waals surface area contributed by atoms with Gasteiger partial charge < -0.3 is 15.0 Å². The van der Waals surface area contributed by atoms with E-state index in [1.54, 1.807) is 19.1 Å². The van der Waals surface area contributed by atoms with Crippen LogP contribution in [0.2, 0.25) is 0 Å². The smallest absolute Gasteiger partial charge is 0.354 e. The number of aromatic nitrogens is 1. The Morgan fingerprint density at radius 1 is 1.24 bits per heavy atom. The van der Waals surface area contributed by atoms with Gasteiger partial charge in [0.15, 0.2) is 0 Å². The lowest BCUT2D eigenvalue weighted by atomic mass is 10.1. The number of nitrogens with zero attached hydrogens (tertiary/aromatic N) is 1. The third kappa shape index (κ3) is 3.45. The van der Waals surface area contributed by atoms with Gasteiger partial charge in [0.2, 0.25) is 0 Å². The predicted octanol–water partition coefficient (Wildman–Crippen LogP) is 3.86. The molecule has 7 nitrogen and oxygen atoms in total. The zero-order valence-electron chi connectivity index (χ0n) is 13.6. The molecule has 2 aromatic carbocycles. The summed E-state index contributed by atoms with van der Waals surface area (Å²) in [5, 5.41) is 15.1. The van der Waals surface area contributed by atoms with Gasteiger partial charge in [-0.1, -0.05) is 30.3 Å². The minimum atomic E-state index is -0.540. The molecule has 3 aromatic rings. The Morgan fingerprint density at radius 2 is 2.00 bits per heavy atom. The summed E-state index contributed by atoms with van der Waals surface area (Å²) in [5.41, 5.74) is 2.18. The summed E-state index contributed by atoms with van der Waals surface area (Å²) in [6.07, 6.45) is 0. The molecule has 1 aromatic heterocycles. The molecule has 0 saturated carbocycles. The van der Waals surface area contributed by atoms with Crippen molar-refractivity contribution >= 4 is 28.2 Å². The van der Waals surface area contributed by atoms with Gasteiger partial charge in [-0.3, -0.25) is 10.1 Å². The summed E-state index contributed by atoms with van der Waals surface area (Å²) in [5.74, 6) is -0.540. The van der Waals surface area contributed by atoms with Crippen molar-refractivity contribution in [1.82, 2.24) is 4.98 Å². The zero-order valence-corrected chi connectivity index (χ0v) is 13.6. The number of hydrogen-bond acceptors (Lipinski definition) is 5. The second-order valence-electron chi connectivity index (χ2n) is 5.42. The van der Waals surface area contributed by atoms with E-state index in [0.717, 1.165) is 5.56 Å². The van der Waals surface area contributed by atoms with Crippen molar-refractivity contribution in [2.75, 3.05) is 11.9 Å². The number of rotatable bonds is 6. The number of anilines is 1. The van der Waals surface area contributed by atoms with Crippen LogP contribution in [0.15, 0.2) is 48.5 Å². The highest BCUT2D eigenvalue weighted by Crippen LogP contribution is 2.32. The lowest BCUT2D eigenvalue weighted by Gasteiger charge is -2.08. The summed E-state index contributed by atoms with van der Waals surface area (Å²) in [6, 6.07) is 14.4. The van der Waals surface area contributed by atoms with Crippen LogP contribution in [0.4, 0.5) is 11.4 Å². The van der Waals surface area contributed by atoms with E-state index in [0.29, 0.717) is 23.1 Å². The Kier molecular flexibility index (Phi) is 4.65. The van der Waals surface area contributed by atoms with Crippen molar-refractivity contribution in [3.8, 4) is 0 Å². The normalized spacial score (nSPS) is 10.6. The molecule has 7 heteroatoms. The number of H-pyrrole nitrogens is 1. The number of non-ortho nitro benzene ring substituents is 1. The van der Waals surface area contributed by atoms with E-state index in [-0.39, 0.29) is 18.0 Å². The Labute approximate surface area is 143 Å². The molecule has 0 aliphatic rings. The van der Waals surface area contributed by atoms with Crippen LogP contribution in [-0.4, -0.2) is 22.5 Å². The molecule has 2 N–H and O–H groups in total. The minimum absolute atomic E-state index is 0.0872. The Bertz CT molecular complexity index is 919. The molecular formula is C18H17N3O4. The topological polar surface area (TPSA) is 97.3 Å². The molecule has 25 heavy (non-hydrogen) atoms. The third-order valence-electron chi connectivity index (χ3n) is 3.79. The number of carbonyl (C=O) groups is 1. The van der Waals surface area contributed by atoms with Crippen LogP contribution >= 0.6 is 0 Å². The first-order valence-corrected chi connectivity index (χ1v) is 7.85. The lowest BCUT2D eigenvalue weighted by Crippen LogP contribution is -2.04. The van der Waals surface area contributed by atoms with E-state index in [1.165, 1.54) is 6.07 Å². The Morgan fingerprint density at radius 3 is 2.68 bits per heavy atom. The van der Waals surface area contributed by atoms with Crippen molar-refractivity contribution in [2.24, 2.45) is 0 Å². The molecule has 1 heterocycles. The SMILES string of the molecule is CCOC(=O)c1cc2c(NCc3ccccc3)ccc([N+](=O)[O-])c2[nH]1. The van der Waals surface area contributed by atoms with E-state index >= 15 is 0 Å². The summed E-state index contributed by atoms with van der Waals surface area (Å²) >= 11 is 0. The molecule has 0 fully saturated rings. The van der Waals surface area contributed by atoms with E-state index in [2.05, 4.69) is 10.3 Å². The summed E-state index contributed by atoms with van der Waals surface area (Å²) < 4.78 is 4.97. The Balaban J connectivity index is 1.99. The number of nitro benzene ring substituents is 1. The average molecular weight is 339 g/mol.